The molecule has 0 fully saturated rings. The van der Waals surface area contributed by atoms with Crippen LogP contribution in [-0.2, 0) is 5.41 Å². The second-order valence-corrected chi connectivity index (χ2v) is 9.79. The summed E-state index contributed by atoms with van der Waals surface area (Å²) in [5, 5.41) is 11.0. The van der Waals surface area contributed by atoms with Gasteiger partial charge >= 0.3 is 6.03 Å². The van der Waals surface area contributed by atoms with E-state index >= 15 is 0 Å². The third-order valence-electron chi connectivity index (χ3n) is 5.84. The van der Waals surface area contributed by atoms with Gasteiger partial charge in [-0.1, -0.05) is 25.9 Å². The molecule has 190 valence electrons. The summed E-state index contributed by atoms with van der Waals surface area (Å²) in [5.41, 5.74) is 8.34. The first-order valence-corrected chi connectivity index (χ1v) is 11.9. The first-order chi connectivity index (χ1) is 17.7. The summed E-state index contributed by atoms with van der Waals surface area (Å²) in [7, 11) is 0. The molecular formula is C27H28N6O4. The van der Waals surface area contributed by atoms with Crippen LogP contribution in [0.4, 0.5) is 16.3 Å². The molecule has 2 amide bonds. The standard InChI is InChI=1S/C27H28N6O4/c1-27(2,3)23-14-24(33-37-23)32-26(35)29-17-4-6-19-15(10-17)12-21(30-19)25(34)22-13-16-11-18(36-9-8-28)5-7-20(16)31-22/h4-7,10-14,30-31H,8-9,28H2,1-3H3,(H2,29,32,33,35). The number of fused-ring (bicyclic) bond motifs is 2. The number of rotatable bonds is 7. The Kier molecular flexibility index (Phi) is 6.18. The van der Waals surface area contributed by atoms with Gasteiger partial charge in [0.05, 0.1) is 11.4 Å². The monoisotopic (exact) mass is 500 g/mol. The molecule has 0 spiro atoms. The van der Waals surface area contributed by atoms with E-state index in [0.29, 0.717) is 47.6 Å². The normalized spacial score (nSPS) is 11.7. The number of aromatic amines is 2. The lowest BCUT2D eigenvalue weighted by Gasteiger charge is -2.12. The number of nitrogens with two attached hydrogens (primary N) is 1. The number of nitrogens with one attached hydrogen (secondary N) is 4. The van der Waals surface area contributed by atoms with Gasteiger partial charge in [-0.05, 0) is 48.5 Å². The second-order valence-electron chi connectivity index (χ2n) is 9.79. The first-order valence-electron chi connectivity index (χ1n) is 11.9. The number of urea groups is 1. The fourth-order valence-corrected chi connectivity index (χ4v) is 3.94. The minimum absolute atomic E-state index is 0.176. The molecule has 37 heavy (non-hydrogen) atoms. The average molecular weight is 501 g/mol. The van der Waals surface area contributed by atoms with Crippen molar-refractivity contribution in [3.63, 3.8) is 0 Å². The molecule has 0 aliphatic rings. The minimum Gasteiger partial charge on any atom is -0.492 e. The molecule has 10 nitrogen and oxygen atoms in total. The van der Waals surface area contributed by atoms with Crippen LogP contribution in [0.15, 0.2) is 59.1 Å². The number of carbonyl (C=O) groups is 2. The van der Waals surface area contributed by atoms with E-state index in [4.69, 9.17) is 15.0 Å². The van der Waals surface area contributed by atoms with Gasteiger partial charge in [0.25, 0.3) is 0 Å². The molecule has 5 rings (SSSR count). The lowest BCUT2D eigenvalue weighted by Crippen LogP contribution is -2.19. The summed E-state index contributed by atoms with van der Waals surface area (Å²) in [6.07, 6.45) is 0. The van der Waals surface area contributed by atoms with Crippen molar-refractivity contribution in [1.82, 2.24) is 15.1 Å². The van der Waals surface area contributed by atoms with E-state index < -0.39 is 6.03 Å². The number of hydrogen-bond acceptors (Lipinski definition) is 6. The molecule has 0 atom stereocenters. The summed E-state index contributed by atoms with van der Waals surface area (Å²) in [6.45, 7) is 6.84. The largest absolute Gasteiger partial charge is 0.492 e. The van der Waals surface area contributed by atoms with Crippen LogP contribution in [0.5, 0.6) is 5.75 Å². The summed E-state index contributed by atoms with van der Waals surface area (Å²) < 4.78 is 10.9. The predicted octanol–water partition coefficient (Wildman–Crippen LogP) is 5.15. The number of ketones is 1. The van der Waals surface area contributed by atoms with Gasteiger partial charge in [-0.25, -0.2) is 4.79 Å². The number of nitrogens with zero attached hydrogens (tertiary/aromatic N) is 1. The molecule has 0 aliphatic heterocycles. The molecule has 0 aliphatic carbocycles. The first kappa shape index (κ1) is 24.1. The molecule has 3 heterocycles. The maximum atomic E-state index is 13.2. The predicted molar refractivity (Wildman–Crippen MR) is 142 cm³/mol. The number of carbonyl (C=O) groups excluding carboxylic acids is 2. The van der Waals surface area contributed by atoms with E-state index in [1.807, 2.05) is 45.0 Å². The van der Waals surface area contributed by atoms with Crippen LogP contribution < -0.4 is 21.1 Å². The summed E-state index contributed by atoms with van der Waals surface area (Å²) in [4.78, 5) is 32.0. The van der Waals surface area contributed by atoms with Crippen molar-refractivity contribution in [3.05, 3.63) is 71.7 Å². The maximum Gasteiger partial charge on any atom is 0.324 e. The zero-order valence-corrected chi connectivity index (χ0v) is 20.8. The number of aromatic nitrogens is 3. The number of ether oxygens (including phenoxy) is 1. The molecule has 0 unspecified atom stereocenters. The van der Waals surface area contributed by atoms with Gasteiger partial charge in [-0.2, -0.15) is 0 Å². The summed E-state index contributed by atoms with van der Waals surface area (Å²) >= 11 is 0. The molecule has 3 aromatic heterocycles. The molecule has 0 saturated carbocycles. The number of amides is 2. The van der Waals surface area contributed by atoms with E-state index in [9.17, 15) is 9.59 Å². The Morgan fingerprint density at radius 1 is 0.946 bits per heavy atom. The number of H-pyrrole nitrogens is 2. The second kappa shape index (κ2) is 9.47. The van der Waals surface area contributed by atoms with Crippen LogP contribution in [0.1, 0.15) is 42.7 Å². The third-order valence-corrected chi connectivity index (χ3v) is 5.84. The van der Waals surface area contributed by atoms with Crippen LogP contribution in [0.25, 0.3) is 21.8 Å². The Bertz CT molecular complexity index is 1600. The average Bonchev–Trinajstić information content (AvgIpc) is 3.59. The lowest BCUT2D eigenvalue weighted by atomic mass is 9.93. The maximum absolute atomic E-state index is 13.2. The van der Waals surface area contributed by atoms with E-state index in [2.05, 4.69) is 25.8 Å². The zero-order valence-electron chi connectivity index (χ0n) is 20.8. The quantitative estimate of drug-likeness (QED) is 0.195. The minimum atomic E-state index is -0.451. The van der Waals surface area contributed by atoms with Gasteiger partial charge in [-0.3, -0.25) is 10.1 Å². The highest BCUT2D eigenvalue weighted by Gasteiger charge is 2.20. The summed E-state index contributed by atoms with van der Waals surface area (Å²) in [5.74, 6) is 1.52. The van der Waals surface area contributed by atoms with Crippen molar-refractivity contribution in [2.75, 3.05) is 23.8 Å². The van der Waals surface area contributed by atoms with Crippen LogP contribution in [0, 0.1) is 0 Å². The van der Waals surface area contributed by atoms with Crippen molar-refractivity contribution in [2.45, 2.75) is 26.2 Å². The molecule has 2 aromatic carbocycles. The molecule has 0 bridgehead atoms. The van der Waals surface area contributed by atoms with Crippen LogP contribution >= 0.6 is 0 Å². The number of benzene rings is 2. The van der Waals surface area contributed by atoms with Crippen LogP contribution in [0.2, 0.25) is 0 Å². The number of hydrogen-bond donors (Lipinski definition) is 5. The highest BCUT2D eigenvalue weighted by atomic mass is 16.5. The van der Waals surface area contributed by atoms with Gasteiger partial charge in [-0.15, -0.1) is 0 Å². The topological polar surface area (TPSA) is 151 Å². The van der Waals surface area contributed by atoms with Gasteiger partial charge in [0.2, 0.25) is 5.78 Å². The Morgan fingerprint density at radius 3 is 2.27 bits per heavy atom. The lowest BCUT2D eigenvalue weighted by molar-refractivity contribution is 0.103. The Balaban J connectivity index is 1.30. The van der Waals surface area contributed by atoms with Crippen molar-refractivity contribution >= 4 is 45.1 Å². The SMILES string of the molecule is CC(C)(C)c1cc(NC(=O)Nc2ccc3[nH]c(C(=O)c4cc5cc(OCCN)ccc5[nH]4)cc3c2)no1. The van der Waals surface area contributed by atoms with Crippen LogP contribution in [-0.4, -0.2) is 40.1 Å². The smallest absolute Gasteiger partial charge is 0.324 e. The molecule has 0 radical (unpaired) electrons. The van der Waals surface area contributed by atoms with Crippen molar-refractivity contribution in [2.24, 2.45) is 5.73 Å². The Morgan fingerprint density at radius 2 is 1.62 bits per heavy atom. The van der Waals surface area contributed by atoms with Gasteiger partial charge in [0, 0.05) is 45.5 Å². The van der Waals surface area contributed by atoms with Crippen molar-refractivity contribution < 1.29 is 18.8 Å². The van der Waals surface area contributed by atoms with Crippen molar-refractivity contribution in [3.8, 4) is 5.75 Å². The molecule has 0 saturated heterocycles. The van der Waals surface area contributed by atoms with Crippen LogP contribution in [0.3, 0.4) is 0 Å². The fraction of sp³-hybridized carbons (Fsp3) is 0.222. The van der Waals surface area contributed by atoms with Gasteiger partial charge in [0.1, 0.15) is 18.1 Å². The molecule has 5 aromatic rings. The number of anilines is 2. The van der Waals surface area contributed by atoms with Gasteiger partial charge in [0.15, 0.2) is 5.82 Å². The van der Waals surface area contributed by atoms with E-state index in [-0.39, 0.29) is 11.2 Å². The molecule has 6 N–H and O–H groups in total. The summed E-state index contributed by atoms with van der Waals surface area (Å²) in [6, 6.07) is 15.7. The van der Waals surface area contributed by atoms with E-state index in [1.54, 1.807) is 30.3 Å². The van der Waals surface area contributed by atoms with Crippen molar-refractivity contribution in [1.29, 1.82) is 0 Å². The Hall–Kier alpha value is -4.57. The van der Waals surface area contributed by atoms with E-state index in [0.717, 1.165) is 21.8 Å². The van der Waals surface area contributed by atoms with Gasteiger partial charge < -0.3 is 30.3 Å². The third kappa shape index (κ3) is 5.19. The highest BCUT2D eigenvalue weighted by Crippen LogP contribution is 2.26. The zero-order chi connectivity index (χ0) is 26.2. The Labute approximate surface area is 212 Å². The highest BCUT2D eigenvalue weighted by molar-refractivity contribution is 6.11. The molecular weight excluding hydrogens is 472 g/mol. The van der Waals surface area contributed by atoms with E-state index in [1.165, 1.54) is 0 Å². The molecule has 10 heteroatoms. The fourth-order valence-electron chi connectivity index (χ4n) is 3.94.